The molecule has 0 amide bonds. The lowest BCUT2D eigenvalue weighted by Gasteiger charge is -2.16. The zero-order valence-corrected chi connectivity index (χ0v) is 10.6. The monoisotopic (exact) mass is 231 g/mol. The third-order valence-corrected chi connectivity index (χ3v) is 2.73. The minimum Gasteiger partial charge on any atom is -0.373 e. The van der Waals surface area contributed by atoms with E-state index in [1.807, 2.05) is 24.7 Å². The number of hydrogen-bond donors (Lipinski definition) is 1. The van der Waals surface area contributed by atoms with Crippen molar-refractivity contribution in [3.05, 3.63) is 30.1 Å². The van der Waals surface area contributed by atoms with Gasteiger partial charge in [0.1, 0.15) is 23.8 Å². The van der Waals surface area contributed by atoms with Gasteiger partial charge in [0.05, 0.1) is 0 Å². The highest BCUT2D eigenvalue weighted by Crippen LogP contribution is 2.27. The number of rotatable bonds is 3. The zero-order valence-electron chi connectivity index (χ0n) is 10.6. The van der Waals surface area contributed by atoms with Crippen molar-refractivity contribution in [2.24, 2.45) is 0 Å². The second-order valence-corrected chi connectivity index (χ2v) is 4.21. The van der Waals surface area contributed by atoms with Crippen LogP contribution >= 0.6 is 0 Å². The maximum absolute atomic E-state index is 4.38. The molecule has 90 valence electrons. The van der Waals surface area contributed by atoms with E-state index in [9.17, 15) is 0 Å². The third-order valence-electron chi connectivity index (χ3n) is 2.73. The van der Waals surface area contributed by atoms with Gasteiger partial charge in [-0.25, -0.2) is 15.0 Å². The molecule has 0 spiro atoms. The molecule has 2 aromatic heterocycles. The van der Waals surface area contributed by atoms with Crippen LogP contribution in [0.15, 0.2) is 18.7 Å². The average molecular weight is 231 g/mol. The summed E-state index contributed by atoms with van der Waals surface area (Å²) >= 11 is 0. The van der Waals surface area contributed by atoms with Gasteiger partial charge in [0.25, 0.3) is 0 Å². The summed E-state index contributed by atoms with van der Waals surface area (Å²) in [6, 6.07) is 0. The van der Waals surface area contributed by atoms with Gasteiger partial charge in [-0.3, -0.25) is 4.57 Å². The third kappa shape index (κ3) is 2.00. The SMILES string of the molecule is CNc1ncnc(-n2ccnc2C)c1C(C)C. The molecule has 0 saturated heterocycles. The molecule has 5 heteroatoms. The Morgan fingerprint density at radius 2 is 2.00 bits per heavy atom. The van der Waals surface area contributed by atoms with Gasteiger partial charge in [-0.2, -0.15) is 0 Å². The number of nitrogens with zero attached hydrogens (tertiary/aromatic N) is 4. The van der Waals surface area contributed by atoms with Crippen LogP contribution < -0.4 is 5.32 Å². The maximum Gasteiger partial charge on any atom is 0.147 e. The van der Waals surface area contributed by atoms with Crippen molar-refractivity contribution in [3.8, 4) is 5.82 Å². The van der Waals surface area contributed by atoms with Gasteiger partial charge in [0, 0.05) is 25.0 Å². The number of nitrogens with one attached hydrogen (secondary N) is 1. The first-order chi connectivity index (χ1) is 8.15. The van der Waals surface area contributed by atoms with Gasteiger partial charge in [-0.1, -0.05) is 13.8 Å². The molecule has 5 nitrogen and oxygen atoms in total. The molecule has 0 atom stereocenters. The molecule has 0 aromatic carbocycles. The summed E-state index contributed by atoms with van der Waals surface area (Å²) in [6.07, 6.45) is 5.27. The molecule has 0 aliphatic carbocycles. The first kappa shape index (κ1) is 11.6. The number of imidazole rings is 1. The minimum absolute atomic E-state index is 0.343. The largest absolute Gasteiger partial charge is 0.373 e. The lowest BCUT2D eigenvalue weighted by Crippen LogP contribution is -2.09. The zero-order chi connectivity index (χ0) is 12.4. The Balaban J connectivity index is 2.65. The summed E-state index contributed by atoms with van der Waals surface area (Å²) in [5, 5.41) is 3.11. The quantitative estimate of drug-likeness (QED) is 0.879. The normalized spacial score (nSPS) is 10.9. The highest BCUT2D eigenvalue weighted by Gasteiger charge is 2.16. The highest BCUT2D eigenvalue weighted by molar-refractivity contribution is 5.53. The standard InChI is InChI=1S/C12H17N5/c1-8(2)10-11(13-4)15-7-16-12(10)17-6-5-14-9(17)3/h5-8H,1-4H3,(H,13,15,16). The van der Waals surface area contributed by atoms with Gasteiger partial charge in [-0.15, -0.1) is 0 Å². The topological polar surface area (TPSA) is 55.6 Å². The highest BCUT2D eigenvalue weighted by atomic mass is 15.1. The van der Waals surface area contributed by atoms with E-state index < -0.39 is 0 Å². The molecule has 0 radical (unpaired) electrons. The van der Waals surface area contributed by atoms with E-state index in [0.717, 1.165) is 23.0 Å². The van der Waals surface area contributed by atoms with Gasteiger partial charge in [0.15, 0.2) is 0 Å². The Labute approximate surface area is 101 Å². The number of anilines is 1. The average Bonchev–Trinajstić information content (AvgIpc) is 2.74. The van der Waals surface area contributed by atoms with Crippen LogP contribution in [0.2, 0.25) is 0 Å². The van der Waals surface area contributed by atoms with Crippen molar-refractivity contribution in [1.29, 1.82) is 0 Å². The smallest absolute Gasteiger partial charge is 0.147 e. The van der Waals surface area contributed by atoms with Crippen molar-refractivity contribution in [1.82, 2.24) is 19.5 Å². The molecule has 0 saturated carbocycles. The molecule has 0 unspecified atom stereocenters. The van der Waals surface area contributed by atoms with E-state index >= 15 is 0 Å². The molecular weight excluding hydrogens is 214 g/mol. The van der Waals surface area contributed by atoms with Gasteiger partial charge < -0.3 is 5.32 Å². The maximum atomic E-state index is 4.38. The van der Waals surface area contributed by atoms with Gasteiger partial charge in [0.2, 0.25) is 0 Å². The van der Waals surface area contributed by atoms with Crippen molar-refractivity contribution >= 4 is 5.82 Å². The Morgan fingerprint density at radius 1 is 1.24 bits per heavy atom. The molecule has 2 rings (SSSR count). The van der Waals surface area contributed by atoms with Crippen LogP contribution in [0.3, 0.4) is 0 Å². The first-order valence-corrected chi connectivity index (χ1v) is 5.68. The predicted molar refractivity (Wildman–Crippen MR) is 67.5 cm³/mol. The van der Waals surface area contributed by atoms with Crippen LogP contribution in [0.5, 0.6) is 0 Å². The summed E-state index contributed by atoms with van der Waals surface area (Å²) in [7, 11) is 1.87. The Hall–Kier alpha value is -1.91. The fourth-order valence-electron chi connectivity index (χ4n) is 1.91. The van der Waals surface area contributed by atoms with E-state index in [1.54, 1.807) is 12.5 Å². The molecule has 2 heterocycles. The predicted octanol–water partition coefficient (Wildman–Crippen LogP) is 2.14. The van der Waals surface area contributed by atoms with E-state index in [2.05, 4.69) is 34.1 Å². The lowest BCUT2D eigenvalue weighted by atomic mass is 10.0. The molecule has 17 heavy (non-hydrogen) atoms. The summed E-state index contributed by atoms with van der Waals surface area (Å²) in [5.74, 6) is 3.04. The Bertz CT molecular complexity index is 515. The summed E-state index contributed by atoms with van der Waals surface area (Å²) in [5.41, 5.74) is 1.11. The molecule has 0 aliphatic rings. The molecule has 0 aliphatic heterocycles. The van der Waals surface area contributed by atoms with Crippen LogP contribution in [0, 0.1) is 6.92 Å². The van der Waals surface area contributed by atoms with Crippen LogP contribution in [0.4, 0.5) is 5.82 Å². The minimum atomic E-state index is 0.343. The summed E-state index contributed by atoms with van der Waals surface area (Å²) in [4.78, 5) is 12.9. The lowest BCUT2D eigenvalue weighted by molar-refractivity contribution is 0.807. The summed E-state index contributed by atoms with van der Waals surface area (Å²) in [6.45, 7) is 6.23. The van der Waals surface area contributed by atoms with E-state index in [-0.39, 0.29) is 0 Å². The molecule has 2 aromatic rings. The number of aromatic nitrogens is 4. The second kappa shape index (κ2) is 4.53. The van der Waals surface area contributed by atoms with Crippen molar-refractivity contribution in [2.75, 3.05) is 12.4 Å². The first-order valence-electron chi connectivity index (χ1n) is 5.68. The molecular formula is C12H17N5. The fraction of sp³-hybridized carbons (Fsp3) is 0.417. The molecule has 0 fully saturated rings. The fourth-order valence-corrected chi connectivity index (χ4v) is 1.91. The van der Waals surface area contributed by atoms with Crippen LogP contribution in [0.25, 0.3) is 5.82 Å². The van der Waals surface area contributed by atoms with E-state index in [0.29, 0.717) is 5.92 Å². The Morgan fingerprint density at radius 3 is 2.53 bits per heavy atom. The van der Waals surface area contributed by atoms with Crippen molar-refractivity contribution in [3.63, 3.8) is 0 Å². The van der Waals surface area contributed by atoms with E-state index in [1.165, 1.54) is 0 Å². The van der Waals surface area contributed by atoms with Gasteiger partial charge in [-0.05, 0) is 12.8 Å². The number of aryl methyl sites for hydroxylation is 1. The second-order valence-electron chi connectivity index (χ2n) is 4.21. The van der Waals surface area contributed by atoms with Crippen LogP contribution in [-0.4, -0.2) is 26.6 Å². The molecule has 1 N–H and O–H groups in total. The van der Waals surface area contributed by atoms with Crippen LogP contribution in [0.1, 0.15) is 31.2 Å². The van der Waals surface area contributed by atoms with Crippen molar-refractivity contribution < 1.29 is 0 Å². The van der Waals surface area contributed by atoms with Gasteiger partial charge >= 0.3 is 0 Å². The molecule has 0 bridgehead atoms. The van der Waals surface area contributed by atoms with Crippen molar-refractivity contribution in [2.45, 2.75) is 26.7 Å². The Kier molecular flexibility index (Phi) is 3.08. The summed E-state index contributed by atoms with van der Waals surface area (Å²) < 4.78 is 1.98. The number of hydrogen-bond acceptors (Lipinski definition) is 4. The van der Waals surface area contributed by atoms with Crippen LogP contribution in [-0.2, 0) is 0 Å². The van der Waals surface area contributed by atoms with E-state index in [4.69, 9.17) is 0 Å².